The molecule has 13 heteroatoms. The quantitative estimate of drug-likeness (QED) is 0.390. The topological polar surface area (TPSA) is 90.7 Å². The van der Waals surface area contributed by atoms with E-state index in [4.69, 9.17) is 4.74 Å². The predicted octanol–water partition coefficient (Wildman–Crippen LogP) is 5.32. The lowest BCUT2D eigenvalue weighted by Crippen LogP contribution is -2.54. The van der Waals surface area contributed by atoms with Crippen molar-refractivity contribution in [2.75, 3.05) is 38.1 Å². The van der Waals surface area contributed by atoms with Crippen LogP contribution >= 0.6 is 0 Å². The van der Waals surface area contributed by atoms with Crippen molar-refractivity contribution in [2.45, 2.75) is 43.2 Å². The number of anilines is 1. The average Bonchev–Trinajstić information content (AvgIpc) is 3.56. The number of halogens is 5. The van der Waals surface area contributed by atoms with E-state index in [2.05, 4.69) is 19.9 Å². The van der Waals surface area contributed by atoms with Crippen molar-refractivity contribution in [3.8, 4) is 28.8 Å². The standard InChI is InChI=1S/C31H28F5N5O3/c1-40-12-9-22(18-40)39-28(42)29(10-13-41(14-11-29)25-8-6-20(30(32,33)34)15-19(25)16-37)21-5-7-24(38-17-21)23-3-2-4-26-27(23)44-31(35,36)43-26/h2-8,15,17,22H,9-14,18H2,1H3,(H,39,42)/t22-/m1/s1. The maximum absolute atomic E-state index is 14.0. The molecular formula is C31H28F5N5O3. The number of carbonyl (C=O) groups excluding carboxylic acids is 1. The van der Waals surface area contributed by atoms with E-state index in [9.17, 15) is 32.0 Å². The molecule has 0 spiro atoms. The highest BCUT2D eigenvalue weighted by Crippen LogP contribution is 2.47. The number of fused-ring (bicyclic) bond motifs is 1. The van der Waals surface area contributed by atoms with Crippen LogP contribution in [0.15, 0.2) is 54.7 Å². The van der Waals surface area contributed by atoms with Crippen molar-refractivity contribution in [3.63, 3.8) is 0 Å². The molecule has 3 aliphatic rings. The average molecular weight is 614 g/mol. The van der Waals surface area contributed by atoms with E-state index < -0.39 is 23.4 Å². The first-order valence-corrected chi connectivity index (χ1v) is 14.1. The first-order valence-electron chi connectivity index (χ1n) is 14.1. The maximum atomic E-state index is 14.0. The van der Waals surface area contributed by atoms with Crippen molar-refractivity contribution in [1.29, 1.82) is 5.26 Å². The van der Waals surface area contributed by atoms with E-state index in [1.165, 1.54) is 12.1 Å². The summed E-state index contributed by atoms with van der Waals surface area (Å²) in [4.78, 5) is 22.5. The third-order valence-electron chi connectivity index (χ3n) is 8.58. The number of nitriles is 1. The van der Waals surface area contributed by atoms with Crippen LogP contribution in [0.4, 0.5) is 27.6 Å². The summed E-state index contributed by atoms with van der Waals surface area (Å²) in [6.45, 7) is 2.14. The number of amides is 1. The number of nitrogens with zero attached hydrogens (tertiary/aromatic N) is 4. The number of carbonyl (C=O) groups is 1. The Hall–Kier alpha value is -4.44. The molecule has 2 fully saturated rings. The first-order chi connectivity index (χ1) is 20.9. The largest absolute Gasteiger partial charge is 0.586 e. The number of nitrogens with one attached hydrogen (secondary N) is 1. The number of pyridine rings is 1. The smallest absolute Gasteiger partial charge is 0.395 e. The van der Waals surface area contributed by atoms with Crippen molar-refractivity contribution in [3.05, 3.63) is 71.4 Å². The van der Waals surface area contributed by atoms with E-state index in [1.807, 2.05) is 18.0 Å². The van der Waals surface area contributed by atoms with Crippen molar-refractivity contribution < 1.29 is 36.2 Å². The molecule has 44 heavy (non-hydrogen) atoms. The Bertz CT molecular complexity index is 1610. The summed E-state index contributed by atoms with van der Waals surface area (Å²) in [7, 11) is 1.98. The molecule has 1 amide bonds. The van der Waals surface area contributed by atoms with Gasteiger partial charge in [0.25, 0.3) is 0 Å². The highest BCUT2D eigenvalue weighted by molar-refractivity contribution is 5.89. The Morgan fingerprint density at radius 1 is 1.09 bits per heavy atom. The first kappa shape index (κ1) is 29.6. The molecule has 2 aromatic carbocycles. The minimum atomic E-state index is -4.58. The number of alkyl halides is 5. The van der Waals surface area contributed by atoms with E-state index in [1.54, 1.807) is 30.5 Å². The normalized spacial score (nSPS) is 20.8. The summed E-state index contributed by atoms with van der Waals surface area (Å²) in [6, 6.07) is 12.8. The summed E-state index contributed by atoms with van der Waals surface area (Å²) >= 11 is 0. The van der Waals surface area contributed by atoms with Crippen LogP contribution < -0.4 is 19.7 Å². The molecule has 3 aromatic rings. The molecule has 3 aliphatic heterocycles. The van der Waals surface area contributed by atoms with Gasteiger partial charge < -0.3 is 24.6 Å². The number of likely N-dealkylation sites (tertiary alicyclic amines) is 1. The van der Waals surface area contributed by atoms with Crippen LogP contribution in [-0.2, 0) is 16.4 Å². The van der Waals surface area contributed by atoms with Crippen LogP contribution in [0.25, 0.3) is 11.3 Å². The molecule has 0 unspecified atom stereocenters. The zero-order valence-electron chi connectivity index (χ0n) is 23.6. The summed E-state index contributed by atoms with van der Waals surface area (Å²) in [5.41, 5.74) is -0.372. The van der Waals surface area contributed by atoms with E-state index >= 15 is 0 Å². The lowest BCUT2D eigenvalue weighted by molar-refractivity contribution is -0.286. The molecule has 1 aromatic heterocycles. The molecular weight excluding hydrogens is 585 g/mol. The molecule has 4 heterocycles. The second-order valence-electron chi connectivity index (χ2n) is 11.4. The SMILES string of the molecule is CN1CC[C@@H](NC(=O)C2(c3ccc(-c4cccc5c4OC(F)(F)O5)nc3)CCN(c3ccc(C(F)(F)F)cc3C#N)CC2)C1. The summed E-state index contributed by atoms with van der Waals surface area (Å²) in [5.74, 6) is -0.422. The van der Waals surface area contributed by atoms with Gasteiger partial charge in [0.05, 0.1) is 27.9 Å². The minimum Gasteiger partial charge on any atom is -0.395 e. The van der Waals surface area contributed by atoms with Gasteiger partial charge in [-0.05, 0) is 74.8 Å². The molecule has 6 rings (SSSR count). The number of ether oxygens (including phenoxy) is 2. The highest BCUT2D eigenvalue weighted by atomic mass is 19.4. The van der Waals surface area contributed by atoms with Gasteiger partial charge in [0, 0.05) is 37.4 Å². The predicted molar refractivity (Wildman–Crippen MR) is 149 cm³/mol. The molecule has 8 nitrogen and oxygen atoms in total. The molecule has 1 N–H and O–H groups in total. The van der Waals surface area contributed by atoms with Crippen LogP contribution in [0.2, 0.25) is 0 Å². The second kappa shape index (κ2) is 10.9. The van der Waals surface area contributed by atoms with Gasteiger partial charge in [-0.15, -0.1) is 8.78 Å². The fourth-order valence-corrected chi connectivity index (χ4v) is 6.24. The molecule has 0 aliphatic carbocycles. The summed E-state index contributed by atoms with van der Waals surface area (Å²) in [6.07, 6.45) is -5.41. The monoisotopic (exact) mass is 613 g/mol. The van der Waals surface area contributed by atoms with Crippen molar-refractivity contribution in [1.82, 2.24) is 15.2 Å². The number of likely N-dealkylation sites (N-methyl/N-ethyl adjacent to an activating group) is 1. The van der Waals surface area contributed by atoms with Gasteiger partial charge in [-0.1, -0.05) is 12.1 Å². The zero-order chi connectivity index (χ0) is 31.3. The zero-order valence-corrected chi connectivity index (χ0v) is 23.6. The number of para-hydroxylation sites is 1. The third kappa shape index (κ3) is 5.50. The Morgan fingerprint density at radius 2 is 1.86 bits per heavy atom. The molecule has 0 bridgehead atoms. The fraction of sp³-hybridized carbons (Fsp3) is 0.387. The molecule has 0 radical (unpaired) electrons. The lowest BCUT2D eigenvalue weighted by Gasteiger charge is -2.42. The van der Waals surface area contributed by atoms with Gasteiger partial charge in [0.15, 0.2) is 11.5 Å². The van der Waals surface area contributed by atoms with Crippen LogP contribution in [0.5, 0.6) is 11.5 Å². The summed E-state index contributed by atoms with van der Waals surface area (Å²) in [5, 5.41) is 12.8. The Labute approximate surface area is 250 Å². The highest BCUT2D eigenvalue weighted by Gasteiger charge is 2.46. The van der Waals surface area contributed by atoms with Gasteiger partial charge in [-0.2, -0.15) is 18.4 Å². The van der Waals surface area contributed by atoms with Gasteiger partial charge in [-0.25, -0.2) is 0 Å². The molecule has 1 atom stereocenters. The number of benzene rings is 2. The summed E-state index contributed by atoms with van der Waals surface area (Å²) < 4.78 is 76.6. The van der Waals surface area contributed by atoms with Gasteiger partial charge in [-0.3, -0.25) is 9.78 Å². The van der Waals surface area contributed by atoms with Crippen molar-refractivity contribution >= 4 is 11.6 Å². The van der Waals surface area contributed by atoms with E-state index in [0.29, 0.717) is 55.0 Å². The Kier molecular flexibility index (Phi) is 7.36. The van der Waals surface area contributed by atoms with E-state index in [-0.39, 0.29) is 29.0 Å². The Morgan fingerprint density at radius 3 is 2.50 bits per heavy atom. The second-order valence-corrected chi connectivity index (χ2v) is 11.4. The number of rotatable bonds is 5. The van der Waals surface area contributed by atoms with Gasteiger partial charge in [0.1, 0.15) is 6.07 Å². The Balaban J connectivity index is 1.29. The molecule has 2 saturated heterocycles. The van der Waals surface area contributed by atoms with Gasteiger partial charge in [0.2, 0.25) is 5.91 Å². The number of aromatic nitrogens is 1. The molecule has 230 valence electrons. The van der Waals surface area contributed by atoms with Crippen LogP contribution in [0.1, 0.15) is 36.0 Å². The number of hydrogen-bond donors (Lipinski definition) is 1. The number of piperidine rings is 1. The van der Waals surface area contributed by atoms with Crippen LogP contribution in [0, 0.1) is 11.3 Å². The van der Waals surface area contributed by atoms with Crippen LogP contribution in [-0.4, -0.2) is 61.4 Å². The van der Waals surface area contributed by atoms with E-state index in [0.717, 1.165) is 25.1 Å². The molecule has 0 saturated carbocycles. The lowest BCUT2D eigenvalue weighted by atomic mass is 9.72. The van der Waals surface area contributed by atoms with Gasteiger partial charge >= 0.3 is 12.5 Å². The fourth-order valence-electron chi connectivity index (χ4n) is 6.24. The van der Waals surface area contributed by atoms with Crippen molar-refractivity contribution in [2.24, 2.45) is 0 Å². The van der Waals surface area contributed by atoms with Crippen LogP contribution in [0.3, 0.4) is 0 Å². The minimum absolute atomic E-state index is 0.0412. The number of hydrogen-bond acceptors (Lipinski definition) is 7. The third-order valence-corrected chi connectivity index (χ3v) is 8.58. The maximum Gasteiger partial charge on any atom is 0.586 e.